The monoisotopic (exact) mass is 345 g/mol. The van der Waals surface area contributed by atoms with E-state index in [1.165, 1.54) is 0 Å². The predicted octanol–water partition coefficient (Wildman–Crippen LogP) is 3.97. The molecule has 0 spiro atoms. The fourth-order valence-corrected chi connectivity index (χ4v) is 3.24. The van der Waals surface area contributed by atoms with Gasteiger partial charge in [0, 0.05) is 19.3 Å². The number of fused-ring (bicyclic) bond motifs is 1. The molecular weight excluding hydrogens is 318 g/mol. The summed E-state index contributed by atoms with van der Waals surface area (Å²) in [5, 5.41) is 2.92. The molecule has 1 unspecified atom stereocenters. The van der Waals surface area contributed by atoms with Gasteiger partial charge < -0.3 is 19.4 Å². The second kappa shape index (κ2) is 7.04. The minimum Gasteiger partial charge on any atom is -0.444 e. The van der Waals surface area contributed by atoms with Gasteiger partial charge in [0.1, 0.15) is 11.4 Å². The SMILES string of the molecule is CC(NC(=O)OC(C)(C)C)c1nc2ccccc2n1C1CCOCC1. The molecule has 6 heteroatoms. The maximum Gasteiger partial charge on any atom is 0.408 e. The molecule has 6 nitrogen and oxygen atoms in total. The van der Waals surface area contributed by atoms with Crippen LogP contribution >= 0.6 is 0 Å². The number of nitrogens with zero attached hydrogens (tertiary/aromatic N) is 2. The van der Waals surface area contributed by atoms with Crippen LogP contribution in [0.1, 0.15) is 58.4 Å². The van der Waals surface area contributed by atoms with E-state index in [1.54, 1.807) is 0 Å². The van der Waals surface area contributed by atoms with E-state index in [-0.39, 0.29) is 6.04 Å². The Hall–Kier alpha value is -2.08. The summed E-state index contributed by atoms with van der Waals surface area (Å²) in [6.45, 7) is 9.02. The van der Waals surface area contributed by atoms with E-state index in [0.717, 1.165) is 42.9 Å². The first-order valence-electron chi connectivity index (χ1n) is 8.89. The molecule has 0 radical (unpaired) electrons. The van der Waals surface area contributed by atoms with E-state index >= 15 is 0 Å². The highest BCUT2D eigenvalue weighted by atomic mass is 16.6. The normalized spacial score (nSPS) is 17.4. The van der Waals surface area contributed by atoms with E-state index in [0.29, 0.717) is 6.04 Å². The summed E-state index contributed by atoms with van der Waals surface area (Å²) in [6, 6.07) is 8.19. The number of hydrogen-bond acceptors (Lipinski definition) is 4. The number of carbonyl (C=O) groups is 1. The third-order valence-corrected chi connectivity index (χ3v) is 4.30. The van der Waals surface area contributed by atoms with Crippen LogP contribution in [-0.2, 0) is 9.47 Å². The fraction of sp³-hybridized carbons (Fsp3) is 0.579. The van der Waals surface area contributed by atoms with Crippen LogP contribution in [-0.4, -0.2) is 34.5 Å². The van der Waals surface area contributed by atoms with Crippen LogP contribution < -0.4 is 5.32 Å². The van der Waals surface area contributed by atoms with E-state index in [4.69, 9.17) is 14.5 Å². The van der Waals surface area contributed by atoms with Gasteiger partial charge in [-0.3, -0.25) is 0 Å². The van der Waals surface area contributed by atoms with Crippen LogP contribution in [0.15, 0.2) is 24.3 Å². The topological polar surface area (TPSA) is 65.4 Å². The Balaban J connectivity index is 1.90. The number of rotatable bonds is 3. The van der Waals surface area contributed by atoms with Crippen molar-refractivity contribution in [2.75, 3.05) is 13.2 Å². The van der Waals surface area contributed by atoms with Gasteiger partial charge in [0.2, 0.25) is 0 Å². The summed E-state index contributed by atoms with van der Waals surface area (Å²) < 4.78 is 13.2. The molecule has 1 amide bonds. The Bertz CT molecular complexity index is 742. The Labute approximate surface area is 148 Å². The molecule has 136 valence electrons. The quantitative estimate of drug-likeness (QED) is 0.914. The number of hydrogen-bond donors (Lipinski definition) is 1. The van der Waals surface area contributed by atoms with E-state index in [2.05, 4.69) is 16.0 Å². The molecule has 1 saturated heterocycles. The lowest BCUT2D eigenvalue weighted by atomic mass is 10.1. The molecule has 0 bridgehead atoms. The molecule has 1 aromatic carbocycles. The maximum atomic E-state index is 12.2. The second-order valence-corrected chi connectivity index (χ2v) is 7.54. The van der Waals surface area contributed by atoms with Gasteiger partial charge in [0.05, 0.1) is 17.1 Å². The molecule has 1 aliphatic rings. The zero-order chi connectivity index (χ0) is 18.0. The Morgan fingerprint density at radius 1 is 1.32 bits per heavy atom. The molecule has 25 heavy (non-hydrogen) atoms. The number of aromatic nitrogens is 2. The summed E-state index contributed by atoms with van der Waals surface area (Å²) in [5.74, 6) is 0.860. The molecule has 1 atom stereocenters. The number of ether oxygens (including phenoxy) is 2. The van der Waals surface area contributed by atoms with Gasteiger partial charge in [-0.15, -0.1) is 0 Å². The van der Waals surface area contributed by atoms with Gasteiger partial charge in [0.25, 0.3) is 0 Å². The van der Waals surface area contributed by atoms with Crippen LogP contribution in [0.2, 0.25) is 0 Å². The standard InChI is InChI=1S/C19H27N3O3/c1-13(20-18(23)25-19(2,3)4)17-21-15-7-5-6-8-16(15)22(17)14-9-11-24-12-10-14/h5-8,13-14H,9-12H2,1-4H3,(H,20,23). The van der Waals surface area contributed by atoms with E-state index in [9.17, 15) is 4.79 Å². The lowest BCUT2D eigenvalue weighted by Gasteiger charge is -2.28. The van der Waals surface area contributed by atoms with Crippen molar-refractivity contribution >= 4 is 17.1 Å². The van der Waals surface area contributed by atoms with Crippen LogP contribution in [0.25, 0.3) is 11.0 Å². The highest BCUT2D eigenvalue weighted by Crippen LogP contribution is 2.30. The van der Waals surface area contributed by atoms with Gasteiger partial charge in [-0.25, -0.2) is 9.78 Å². The largest absolute Gasteiger partial charge is 0.444 e. The van der Waals surface area contributed by atoms with Crippen molar-refractivity contribution in [2.24, 2.45) is 0 Å². The van der Waals surface area contributed by atoms with Crippen LogP contribution in [0, 0.1) is 0 Å². The van der Waals surface area contributed by atoms with Gasteiger partial charge in [-0.1, -0.05) is 12.1 Å². The van der Waals surface area contributed by atoms with Crippen molar-refractivity contribution in [3.63, 3.8) is 0 Å². The summed E-state index contributed by atoms with van der Waals surface area (Å²) in [4.78, 5) is 16.9. The zero-order valence-corrected chi connectivity index (χ0v) is 15.4. The van der Waals surface area contributed by atoms with Crippen molar-refractivity contribution in [1.82, 2.24) is 14.9 Å². The Morgan fingerprint density at radius 3 is 2.68 bits per heavy atom. The molecular formula is C19H27N3O3. The van der Waals surface area contributed by atoms with Gasteiger partial charge in [0.15, 0.2) is 0 Å². The summed E-state index contributed by atoms with van der Waals surface area (Å²) in [7, 11) is 0. The number of alkyl carbamates (subject to hydrolysis) is 1. The lowest BCUT2D eigenvalue weighted by Crippen LogP contribution is -2.35. The molecule has 1 aromatic heterocycles. The van der Waals surface area contributed by atoms with Crippen molar-refractivity contribution in [3.05, 3.63) is 30.1 Å². The molecule has 0 saturated carbocycles. The Morgan fingerprint density at radius 2 is 2.00 bits per heavy atom. The zero-order valence-electron chi connectivity index (χ0n) is 15.4. The summed E-state index contributed by atoms with van der Waals surface area (Å²) in [5.41, 5.74) is 1.52. The minimum absolute atomic E-state index is 0.245. The first-order valence-corrected chi connectivity index (χ1v) is 8.89. The summed E-state index contributed by atoms with van der Waals surface area (Å²) in [6.07, 6.45) is 1.48. The highest BCUT2D eigenvalue weighted by molar-refractivity contribution is 5.76. The van der Waals surface area contributed by atoms with E-state index in [1.807, 2.05) is 45.9 Å². The molecule has 1 N–H and O–H groups in total. The third-order valence-electron chi connectivity index (χ3n) is 4.30. The molecule has 3 rings (SSSR count). The van der Waals surface area contributed by atoms with Crippen molar-refractivity contribution in [2.45, 2.75) is 58.2 Å². The maximum absolute atomic E-state index is 12.2. The average Bonchev–Trinajstić information content (AvgIpc) is 2.93. The summed E-state index contributed by atoms with van der Waals surface area (Å²) >= 11 is 0. The molecule has 2 heterocycles. The molecule has 2 aromatic rings. The van der Waals surface area contributed by atoms with Crippen molar-refractivity contribution < 1.29 is 14.3 Å². The van der Waals surface area contributed by atoms with Crippen LogP contribution in [0.4, 0.5) is 4.79 Å². The van der Waals surface area contributed by atoms with Crippen LogP contribution in [0.3, 0.4) is 0 Å². The highest BCUT2D eigenvalue weighted by Gasteiger charge is 2.26. The van der Waals surface area contributed by atoms with Crippen molar-refractivity contribution in [1.29, 1.82) is 0 Å². The number of para-hydroxylation sites is 2. The third kappa shape index (κ3) is 4.12. The fourth-order valence-electron chi connectivity index (χ4n) is 3.24. The van der Waals surface area contributed by atoms with Gasteiger partial charge >= 0.3 is 6.09 Å². The van der Waals surface area contributed by atoms with Crippen molar-refractivity contribution in [3.8, 4) is 0 Å². The first kappa shape index (κ1) is 17.7. The number of imidazole rings is 1. The van der Waals surface area contributed by atoms with Crippen LogP contribution in [0.5, 0.6) is 0 Å². The average molecular weight is 345 g/mol. The number of carbonyl (C=O) groups excluding carboxylic acids is 1. The van der Waals surface area contributed by atoms with E-state index < -0.39 is 11.7 Å². The minimum atomic E-state index is -0.523. The number of amides is 1. The van der Waals surface area contributed by atoms with Gasteiger partial charge in [-0.05, 0) is 52.7 Å². The second-order valence-electron chi connectivity index (χ2n) is 7.54. The first-order chi connectivity index (χ1) is 11.8. The molecule has 1 aliphatic heterocycles. The molecule has 1 fully saturated rings. The van der Waals surface area contributed by atoms with Gasteiger partial charge in [-0.2, -0.15) is 0 Å². The number of benzene rings is 1. The predicted molar refractivity (Wildman–Crippen MR) is 96.6 cm³/mol. The smallest absolute Gasteiger partial charge is 0.408 e. The lowest BCUT2D eigenvalue weighted by molar-refractivity contribution is 0.0499. The molecule has 0 aliphatic carbocycles. The number of nitrogens with one attached hydrogen (secondary N) is 1. The Kier molecular flexibility index (Phi) is 4.99.